The summed E-state index contributed by atoms with van der Waals surface area (Å²) in [6.07, 6.45) is 2.47. The maximum Gasteiger partial charge on any atom is 0.320 e. The SMILES string of the molecule is Cc1nc(NCCCN[C@@H](CC(C)C)C(=O)O)sc1-c1ccc(Cl)c(S(C)(=O)=O)c1. The minimum Gasteiger partial charge on any atom is -0.480 e. The molecule has 3 N–H and O–H groups in total. The van der Waals surface area contributed by atoms with Crippen LogP contribution in [0.25, 0.3) is 10.4 Å². The maximum atomic E-state index is 11.9. The van der Waals surface area contributed by atoms with Crippen molar-refractivity contribution in [3.05, 3.63) is 28.9 Å². The first kappa shape index (κ1) is 24.6. The molecule has 0 aliphatic heterocycles. The fourth-order valence-corrected chi connectivity index (χ4v) is 5.26. The highest BCUT2D eigenvalue weighted by Gasteiger charge is 2.18. The number of thiazole rings is 1. The fraction of sp³-hybridized carbons (Fsp3) is 0.500. The zero-order valence-electron chi connectivity index (χ0n) is 17.5. The Morgan fingerprint density at radius 1 is 1.30 bits per heavy atom. The van der Waals surface area contributed by atoms with E-state index in [1.54, 1.807) is 18.2 Å². The van der Waals surface area contributed by atoms with Gasteiger partial charge in [-0.2, -0.15) is 0 Å². The number of nitrogens with zero attached hydrogens (tertiary/aromatic N) is 1. The van der Waals surface area contributed by atoms with Crippen molar-refractivity contribution in [2.75, 3.05) is 24.7 Å². The summed E-state index contributed by atoms with van der Waals surface area (Å²) in [7, 11) is -3.42. The van der Waals surface area contributed by atoms with Crippen LogP contribution in [0.15, 0.2) is 23.1 Å². The van der Waals surface area contributed by atoms with Crippen LogP contribution in [0.3, 0.4) is 0 Å². The summed E-state index contributed by atoms with van der Waals surface area (Å²) in [6, 6.07) is 4.41. The Morgan fingerprint density at radius 2 is 2.00 bits per heavy atom. The van der Waals surface area contributed by atoms with E-state index < -0.39 is 21.8 Å². The molecule has 0 bridgehead atoms. The lowest BCUT2D eigenvalue weighted by molar-refractivity contribution is -0.139. The molecule has 0 aliphatic rings. The van der Waals surface area contributed by atoms with Crippen molar-refractivity contribution >= 4 is 43.9 Å². The summed E-state index contributed by atoms with van der Waals surface area (Å²) in [5.74, 6) is -0.516. The van der Waals surface area contributed by atoms with Crippen molar-refractivity contribution in [2.24, 2.45) is 5.92 Å². The molecule has 2 rings (SSSR count). The Bertz CT molecular complexity index is 990. The number of halogens is 1. The molecule has 1 aromatic carbocycles. The highest BCUT2D eigenvalue weighted by molar-refractivity contribution is 7.90. The molecule has 0 saturated carbocycles. The monoisotopic (exact) mass is 473 g/mol. The molecule has 0 unspecified atom stereocenters. The zero-order valence-corrected chi connectivity index (χ0v) is 19.9. The quantitative estimate of drug-likeness (QED) is 0.422. The van der Waals surface area contributed by atoms with Crippen LogP contribution >= 0.6 is 22.9 Å². The molecular weight excluding hydrogens is 446 g/mol. The van der Waals surface area contributed by atoms with Crippen LogP contribution in [0, 0.1) is 12.8 Å². The molecule has 1 heterocycles. The average molecular weight is 474 g/mol. The van der Waals surface area contributed by atoms with Crippen LogP contribution < -0.4 is 10.6 Å². The van der Waals surface area contributed by atoms with Gasteiger partial charge < -0.3 is 15.7 Å². The summed E-state index contributed by atoms with van der Waals surface area (Å²) in [6.45, 7) is 7.10. The molecule has 7 nitrogen and oxygen atoms in total. The lowest BCUT2D eigenvalue weighted by Gasteiger charge is -2.16. The Hall–Kier alpha value is -1.68. The number of rotatable bonds is 11. The third-order valence-electron chi connectivity index (χ3n) is 4.42. The van der Waals surface area contributed by atoms with E-state index in [0.717, 1.165) is 33.9 Å². The summed E-state index contributed by atoms with van der Waals surface area (Å²) in [5.41, 5.74) is 1.55. The van der Waals surface area contributed by atoms with E-state index in [0.29, 0.717) is 25.4 Å². The largest absolute Gasteiger partial charge is 0.480 e. The van der Waals surface area contributed by atoms with Crippen LogP contribution in [0.2, 0.25) is 5.02 Å². The van der Waals surface area contributed by atoms with Gasteiger partial charge in [0.05, 0.1) is 20.5 Å². The maximum absolute atomic E-state index is 11.9. The first-order valence-corrected chi connectivity index (χ1v) is 12.7. The summed E-state index contributed by atoms with van der Waals surface area (Å²) in [5, 5.41) is 16.5. The minimum atomic E-state index is -3.42. The number of nitrogens with one attached hydrogen (secondary N) is 2. The highest BCUT2D eigenvalue weighted by atomic mass is 35.5. The predicted octanol–water partition coefficient (Wildman–Crippen LogP) is 4.07. The van der Waals surface area contributed by atoms with E-state index in [4.69, 9.17) is 11.6 Å². The van der Waals surface area contributed by atoms with Gasteiger partial charge >= 0.3 is 5.97 Å². The predicted molar refractivity (Wildman–Crippen MR) is 122 cm³/mol. The number of aliphatic carboxylic acids is 1. The number of carboxylic acids is 1. The van der Waals surface area contributed by atoms with Crippen LogP contribution in [0.1, 0.15) is 32.4 Å². The van der Waals surface area contributed by atoms with Gasteiger partial charge in [0, 0.05) is 12.8 Å². The normalized spacial score (nSPS) is 12.9. The van der Waals surface area contributed by atoms with Crippen LogP contribution in [-0.4, -0.2) is 49.9 Å². The number of aryl methyl sites for hydroxylation is 1. The Balaban J connectivity index is 1.97. The van der Waals surface area contributed by atoms with Crippen molar-refractivity contribution in [3.63, 3.8) is 0 Å². The van der Waals surface area contributed by atoms with E-state index in [-0.39, 0.29) is 9.92 Å². The molecule has 1 aromatic heterocycles. The number of carbonyl (C=O) groups is 1. The molecule has 2 aromatic rings. The van der Waals surface area contributed by atoms with Crippen molar-refractivity contribution in [1.29, 1.82) is 0 Å². The average Bonchev–Trinajstić information content (AvgIpc) is 3.00. The van der Waals surface area contributed by atoms with Gasteiger partial charge in [-0.3, -0.25) is 4.79 Å². The lowest BCUT2D eigenvalue weighted by atomic mass is 10.0. The van der Waals surface area contributed by atoms with Gasteiger partial charge in [0.15, 0.2) is 15.0 Å². The second-order valence-corrected chi connectivity index (χ2v) is 11.0. The minimum absolute atomic E-state index is 0.101. The van der Waals surface area contributed by atoms with Crippen molar-refractivity contribution in [3.8, 4) is 10.4 Å². The zero-order chi connectivity index (χ0) is 22.5. The molecular formula is C20H28ClN3O4S2. The van der Waals surface area contributed by atoms with Crippen molar-refractivity contribution in [2.45, 2.75) is 44.6 Å². The lowest BCUT2D eigenvalue weighted by Crippen LogP contribution is -2.38. The standard InChI is InChI=1S/C20H28ClN3O4S2/c1-12(2)10-16(19(25)26)22-8-5-9-23-20-24-13(3)18(29-20)14-6-7-15(21)17(11-14)30(4,27)28/h6-7,11-12,16,22H,5,8-10H2,1-4H3,(H,23,24)(H,25,26)/t16-/m0/s1. The second-order valence-electron chi connectivity index (χ2n) is 7.61. The van der Waals surface area contributed by atoms with Gasteiger partial charge in [-0.05, 0) is 49.9 Å². The van der Waals surface area contributed by atoms with Crippen molar-refractivity contribution in [1.82, 2.24) is 10.3 Å². The molecule has 0 aliphatic carbocycles. The van der Waals surface area contributed by atoms with Gasteiger partial charge in [-0.25, -0.2) is 13.4 Å². The van der Waals surface area contributed by atoms with Gasteiger partial charge in [-0.1, -0.05) is 42.9 Å². The Kier molecular flexibility index (Phi) is 8.66. The topological polar surface area (TPSA) is 108 Å². The molecule has 0 amide bonds. The van der Waals surface area contributed by atoms with E-state index >= 15 is 0 Å². The number of carboxylic acid groups (broad SMARTS) is 1. The van der Waals surface area contributed by atoms with E-state index in [1.165, 1.54) is 11.3 Å². The molecule has 0 fully saturated rings. The first-order chi connectivity index (χ1) is 14.0. The Morgan fingerprint density at radius 3 is 2.60 bits per heavy atom. The smallest absolute Gasteiger partial charge is 0.320 e. The molecule has 1 atom stereocenters. The van der Waals surface area contributed by atoms with Crippen LogP contribution in [-0.2, 0) is 14.6 Å². The Labute approximate surface area is 186 Å². The number of hydrogen-bond acceptors (Lipinski definition) is 7. The molecule has 30 heavy (non-hydrogen) atoms. The van der Waals surface area contributed by atoms with Crippen molar-refractivity contribution < 1.29 is 18.3 Å². The second kappa shape index (κ2) is 10.6. The number of aromatic nitrogens is 1. The number of benzene rings is 1. The first-order valence-electron chi connectivity index (χ1n) is 9.66. The summed E-state index contributed by atoms with van der Waals surface area (Å²) >= 11 is 7.48. The third-order valence-corrected chi connectivity index (χ3v) is 7.16. The molecule has 0 radical (unpaired) electrons. The fourth-order valence-electron chi connectivity index (χ4n) is 2.97. The van der Waals surface area contributed by atoms with Gasteiger partial charge in [0.1, 0.15) is 6.04 Å². The molecule has 10 heteroatoms. The van der Waals surface area contributed by atoms with Crippen LogP contribution in [0.5, 0.6) is 0 Å². The number of hydrogen-bond donors (Lipinski definition) is 3. The molecule has 166 valence electrons. The highest BCUT2D eigenvalue weighted by Crippen LogP contribution is 2.35. The van der Waals surface area contributed by atoms with E-state index in [9.17, 15) is 18.3 Å². The molecule has 0 saturated heterocycles. The van der Waals surface area contributed by atoms with E-state index in [1.807, 2.05) is 20.8 Å². The van der Waals surface area contributed by atoms with Gasteiger partial charge in [0.25, 0.3) is 0 Å². The summed E-state index contributed by atoms with van der Waals surface area (Å²) < 4.78 is 23.9. The van der Waals surface area contributed by atoms with E-state index in [2.05, 4.69) is 15.6 Å². The molecule has 0 spiro atoms. The van der Waals surface area contributed by atoms with Gasteiger partial charge in [0.2, 0.25) is 0 Å². The van der Waals surface area contributed by atoms with Gasteiger partial charge in [-0.15, -0.1) is 0 Å². The number of anilines is 1. The number of sulfone groups is 1. The third kappa shape index (κ3) is 6.94. The summed E-state index contributed by atoms with van der Waals surface area (Å²) in [4.78, 5) is 16.8. The van der Waals surface area contributed by atoms with Crippen LogP contribution in [0.4, 0.5) is 5.13 Å².